The number of aliphatic imine (C=N–C) groups is 1. The van der Waals surface area contributed by atoms with E-state index < -0.39 is 0 Å². The van der Waals surface area contributed by atoms with Crippen molar-refractivity contribution in [1.82, 2.24) is 5.32 Å². The average Bonchev–Trinajstić information content (AvgIpc) is 2.70. The van der Waals surface area contributed by atoms with Crippen molar-refractivity contribution in [3.8, 4) is 23.0 Å². The summed E-state index contributed by atoms with van der Waals surface area (Å²) in [5.41, 5.74) is 0.631. The Balaban J connectivity index is 0.000000562. The Labute approximate surface area is 167 Å². The molecule has 0 radical (unpaired) electrons. The maximum absolute atomic E-state index is 9.76. The van der Waals surface area contributed by atoms with Crippen LogP contribution >= 0.6 is 0 Å². The molecule has 0 heterocycles. The molecule has 2 aromatic carbocycles. The number of aliphatic hydroxyl groups excluding tert-OH is 1. The number of nitrogens with zero attached hydrogens (tertiary/aromatic N) is 1. The molecule has 0 aliphatic carbocycles. The summed E-state index contributed by atoms with van der Waals surface area (Å²) in [4.78, 5) is 4.16. The zero-order valence-corrected chi connectivity index (χ0v) is 16.3. The Hall–Kier alpha value is -2.39. The van der Waals surface area contributed by atoms with Gasteiger partial charge in [-0.05, 0) is 24.3 Å². The summed E-state index contributed by atoms with van der Waals surface area (Å²) >= 11 is 1.06. The number of phenols is 3. The fraction of sp³-hybridized carbons (Fsp3) is 0.278. The van der Waals surface area contributed by atoms with Crippen LogP contribution in [0.25, 0.3) is 0 Å². The van der Waals surface area contributed by atoms with Crippen molar-refractivity contribution in [2.24, 2.45) is 4.99 Å². The molecule has 27 heavy (non-hydrogen) atoms. The van der Waals surface area contributed by atoms with Crippen molar-refractivity contribution in [3.63, 3.8) is 0 Å². The van der Waals surface area contributed by atoms with E-state index in [-0.39, 0.29) is 23.9 Å². The van der Waals surface area contributed by atoms with Crippen LogP contribution in [0.4, 0.5) is 0 Å². The van der Waals surface area contributed by atoms with E-state index in [1.807, 2.05) is 0 Å². The second kappa shape index (κ2) is 15.8. The predicted octanol–water partition coefficient (Wildman–Crippen LogP) is 1.38. The number of nitrogens with one attached hydrogen (secondary N) is 1. The number of aromatic hydroxyl groups is 3. The fourth-order valence-electron chi connectivity index (χ4n) is 1.78. The number of ether oxygens (including phenoxy) is 1. The molecule has 0 saturated heterocycles. The molecule has 9 heteroatoms. The van der Waals surface area contributed by atoms with E-state index in [0.717, 1.165) is 17.4 Å². The van der Waals surface area contributed by atoms with Crippen molar-refractivity contribution < 1.29 is 46.2 Å². The van der Waals surface area contributed by atoms with E-state index >= 15 is 0 Å². The molecule has 0 aromatic heterocycles. The molecule has 2 aromatic rings. The van der Waals surface area contributed by atoms with E-state index in [0.29, 0.717) is 30.9 Å². The SMILES string of the molecule is COc1cccc(C=NCCNCCO)c1O.Oc1ccccc1O.[O]=[V]. The van der Waals surface area contributed by atoms with Crippen molar-refractivity contribution in [1.29, 1.82) is 0 Å². The summed E-state index contributed by atoms with van der Waals surface area (Å²) in [6, 6.07) is 11.4. The van der Waals surface area contributed by atoms with Gasteiger partial charge in [-0.3, -0.25) is 4.99 Å². The molecule has 2 rings (SSSR count). The Morgan fingerprint density at radius 2 is 1.67 bits per heavy atom. The van der Waals surface area contributed by atoms with Gasteiger partial charge in [0.2, 0.25) is 0 Å². The van der Waals surface area contributed by atoms with Gasteiger partial charge in [0.05, 0.1) is 20.3 Å². The second-order valence-corrected chi connectivity index (χ2v) is 4.90. The van der Waals surface area contributed by atoms with E-state index in [1.165, 1.54) is 19.2 Å². The number of hydrogen-bond acceptors (Lipinski definition) is 8. The Bertz CT molecular complexity index is 664. The predicted molar refractivity (Wildman–Crippen MR) is 97.5 cm³/mol. The van der Waals surface area contributed by atoms with Crippen molar-refractivity contribution >= 4 is 6.21 Å². The van der Waals surface area contributed by atoms with Crippen LogP contribution in [0.5, 0.6) is 23.0 Å². The molecule has 8 nitrogen and oxygen atoms in total. The molecule has 147 valence electrons. The summed E-state index contributed by atoms with van der Waals surface area (Å²) < 4.78 is 13.2. The molecule has 0 amide bonds. The third-order valence-corrected chi connectivity index (χ3v) is 3.07. The van der Waals surface area contributed by atoms with Crippen LogP contribution in [-0.4, -0.2) is 60.0 Å². The van der Waals surface area contributed by atoms with E-state index in [1.54, 1.807) is 36.5 Å². The molecule has 0 aliphatic heterocycles. The molecular formula is C18H24N2O6V. The van der Waals surface area contributed by atoms with Crippen LogP contribution in [0.15, 0.2) is 47.5 Å². The number of phenolic OH excluding ortho intramolecular Hbond substituents is 3. The number of methoxy groups -OCH3 is 1. The molecule has 5 N–H and O–H groups in total. The van der Waals surface area contributed by atoms with E-state index in [9.17, 15) is 5.11 Å². The first-order valence-electron chi connectivity index (χ1n) is 7.92. The van der Waals surface area contributed by atoms with E-state index in [4.69, 9.17) is 23.7 Å². The van der Waals surface area contributed by atoms with Crippen LogP contribution in [0, 0.1) is 0 Å². The molecule has 0 fully saturated rings. The monoisotopic (exact) mass is 415 g/mol. The first-order valence-corrected chi connectivity index (χ1v) is 8.49. The first kappa shape index (κ1) is 24.6. The minimum atomic E-state index is -0.0764. The minimum absolute atomic E-state index is 0.0764. The molecular weight excluding hydrogens is 391 g/mol. The van der Waals surface area contributed by atoms with Crippen molar-refractivity contribution in [3.05, 3.63) is 48.0 Å². The summed E-state index contributed by atoms with van der Waals surface area (Å²) in [5.74, 6) is 0.384. The maximum atomic E-state index is 9.76. The van der Waals surface area contributed by atoms with Crippen molar-refractivity contribution in [2.75, 3.05) is 33.4 Å². The van der Waals surface area contributed by atoms with Gasteiger partial charge in [-0.15, -0.1) is 0 Å². The van der Waals surface area contributed by atoms with Crippen LogP contribution in [0.2, 0.25) is 0 Å². The van der Waals surface area contributed by atoms with Gasteiger partial charge in [0.1, 0.15) is 0 Å². The number of rotatable bonds is 7. The fourth-order valence-corrected chi connectivity index (χ4v) is 1.78. The number of benzene rings is 2. The standard InChI is InChI=1S/C12H18N2O3.C6H6O2.O.V/c1-17-11-4-2-3-10(12(11)16)9-14-6-5-13-7-8-15;7-5-3-1-2-4-6(5)8;;/h2-4,9,13,15-16H,5-8H2,1H3;1-4,7-8H;;. The van der Waals surface area contributed by atoms with Gasteiger partial charge in [-0.1, -0.05) is 18.2 Å². The molecule has 0 atom stereocenters. The van der Waals surface area contributed by atoms with Gasteiger partial charge < -0.3 is 30.5 Å². The second-order valence-electron chi connectivity index (χ2n) is 4.90. The van der Waals surface area contributed by atoms with Crippen LogP contribution in [0.3, 0.4) is 0 Å². The van der Waals surface area contributed by atoms with Gasteiger partial charge >= 0.3 is 21.0 Å². The van der Waals surface area contributed by atoms with Crippen molar-refractivity contribution in [2.45, 2.75) is 0 Å². The topological polar surface area (TPSA) is 132 Å². The summed E-state index contributed by atoms with van der Waals surface area (Å²) in [6.07, 6.45) is 1.61. The Morgan fingerprint density at radius 1 is 1.04 bits per heavy atom. The Morgan fingerprint density at radius 3 is 2.19 bits per heavy atom. The van der Waals surface area contributed by atoms with Crippen LogP contribution in [0.1, 0.15) is 5.56 Å². The van der Waals surface area contributed by atoms with E-state index in [2.05, 4.69) is 10.3 Å². The third-order valence-electron chi connectivity index (χ3n) is 3.07. The zero-order valence-electron chi connectivity index (χ0n) is 14.9. The van der Waals surface area contributed by atoms with Gasteiger partial charge in [-0.25, -0.2) is 0 Å². The van der Waals surface area contributed by atoms with Gasteiger partial charge in [0.15, 0.2) is 23.0 Å². The van der Waals surface area contributed by atoms with Crippen LogP contribution < -0.4 is 10.1 Å². The summed E-state index contributed by atoms with van der Waals surface area (Å²) in [7, 11) is 1.51. The molecule has 0 aliphatic rings. The first-order chi connectivity index (χ1) is 13.1. The van der Waals surface area contributed by atoms with Gasteiger partial charge in [0, 0.05) is 24.9 Å². The number of hydrogen-bond donors (Lipinski definition) is 5. The van der Waals surface area contributed by atoms with Crippen LogP contribution in [-0.2, 0) is 21.0 Å². The summed E-state index contributed by atoms with van der Waals surface area (Å²) in [5, 5.41) is 38.7. The average molecular weight is 415 g/mol. The normalized spacial score (nSPS) is 9.67. The number of aliphatic hydroxyl groups is 1. The molecule has 0 saturated carbocycles. The quantitative estimate of drug-likeness (QED) is 0.262. The third kappa shape index (κ3) is 10.4. The molecule has 0 bridgehead atoms. The molecule has 0 spiro atoms. The van der Waals surface area contributed by atoms with Gasteiger partial charge in [0.25, 0.3) is 0 Å². The summed E-state index contributed by atoms with van der Waals surface area (Å²) in [6.45, 7) is 1.98. The number of para-hydroxylation sites is 3. The van der Waals surface area contributed by atoms with Gasteiger partial charge in [-0.2, -0.15) is 0 Å². The molecule has 0 unspecified atom stereocenters. The Kier molecular flexibility index (Phi) is 14.4. The zero-order chi connectivity index (χ0) is 20.5.